The standard InChI is InChI=1S/C18H20N2O/c1-13-5-4-6-14(11-13)9-10-16(20-19)18-12-15-7-2-3-8-17(15)21-18/h2-8,11-12,16,20H,9-10,19H2,1H3. The van der Waals surface area contributed by atoms with Crippen LogP contribution < -0.4 is 11.3 Å². The topological polar surface area (TPSA) is 51.2 Å². The van der Waals surface area contributed by atoms with Crippen LogP contribution in [-0.2, 0) is 6.42 Å². The minimum Gasteiger partial charge on any atom is -0.459 e. The normalized spacial score (nSPS) is 12.7. The quantitative estimate of drug-likeness (QED) is 0.551. The van der Waals surface area contributed by atoms with Gasteiger partial charge in [-0.3, -0.25) is 5.84 Å². The minimum atomic E-state index is 0.0258. The molecule has 1 aromatic heterocycles. The Hall–Kier alpha value is -2.10. The number of furan rings is 1. The highest BCUT2D eigenvalue weighted by atomic mass is 16.3. The minimum absolute atomic E-state index is 0.0258. The fourth-order valence-electron chi connectivity index (χ4n) is 2.66. The van der Waals surface area contributed by atoms with Gasteiger partial charge in [0.05, 0.1) is 6.04 Å². The maximum atomic E-state index is 5.89. The molecule has 21 heavy (non-hydrogen) atoms. The molecule has 3 N–H and O–H groups in total. The molecule has 3 heteroatoms. The first-order valence-corrected chi connectivity index (χ1v) is 7.26. The van der Waals surface area contributed by atoms with Crippen molar-refractivity contribution in [3.05, 3.63) is 71.5 Å². The molecular weight excluding hydrogens is 260 g/mol. The Kier molecular flexibility index (Phi) is 4.04. The fraction of sp³-hybridized carbons (Fsp3) is 0.222. The molecule has 1 heterocycles. The molecule has 3 aromatic rings. The smallest absolute Gasteiger partial charge is 0.134 e. The lowest BCUT2D eigenvalue weighted by atomic mass is 10.0. The van der Waals surface area contributed by atoms with Crippen molar-refractivity contribution in [2.75, 3.05) is 0 Å². The van der Waals surface area contributed by atoms with Crippen molar-refractivity contribution < 1.29 is 4.42 Å². The van der Waals surface area contributed by atoms with E-state index in [1.807, 2.05) is 18.2 Å². The third-order valence-corrected chi connectivity index (χ3v) is 3.79. The molecule has 0 aliphatic carbocycles. The summed E-state index contributed by atoms with van der Waals surface area (Å²) in [6, 6.07) is 18.7. The van der Waals surface area contributed by atoms with Crippen LogP contribution in [-0.4, -0.2) is 0 Å². The summed E-state index contributed by atoms with van der Waals surface area (Å²) in [5.41, 5.74) is 6.39. The first-order chi connectivity index (χ1) is 10.3. The molecule has 0 saturated heterocycles. The van der Waals surface area contributed by atoms with Crippen LogP contribution in [0.5, 0.6) is 0 Å². The molecule has 3 nitrogen and oxygen atoms in total. The van der Waals surface area contributed by atoms with E-state index in [1.54, 1.807) is 0 Å². The summed E-state index contributed by atoms with van der Waals surface area (Å²) in [5, 5.41) is 1.11. The molecule has 0 saturated carbocycles. The monoisotopic (exact) mass is 280 g/mol. The maximum absolute atomic E-state index is 5.89. The molecule has 0 spiro atoms. The number of hydrogen-bond acceptors (Lipinski definition) is 3. The second-order valence-electron chi connectivity index (χ2n) is 5.43. The molecule has 0 amide bonds. The zero-order chi connectivity index (χ0) is 14.7. The van der Waals surface area contributed by atoms with Gasteiger partial charge in [0, 0.05) is 5.39 Å². The summed E-state index contributed by atoms with van der Waals surface area (Å²) in [4.78, 5) is 0. The highest BCUT2D eigenvalue weighted by Gasteiger charge is 2.14. The molecule has 2 aromatic carbocycles. The molecular formula is C18H20N2O. The van der Waals surface area contributed by atoms with Crippen molar-refractivity contribution in [2.45, 2.75) is 25.8 Å². The van der Waals surface area contributed by atoms with E-state index in [4.69, 9.17) is 10.3 Å². The van der Waals surface area contributed by atoms with Crippen molar-refractivity contribution in [3.8, 4) is 0 Å². The van der Waals surface area contributed by atoms with Crippen LogP contribution in [0, 0.1) is 6.92 Å². The number of hydrogen-bond donors (Lipinski definition) is 2. The van der Waals surface area contributed by atoms with Crippen LogP contribution in [0.25, 0.3) is 11.0 Å². The van der Waals surface area contributed by atoms with Gasteiger partial charge < -0.3 is 4.42 Å². The summed E-state index contributed by atoms with van der Waals surface area (Å²) in [5.74, 6) is 6.61. The van der Waals surface area contributed by atoms with Gasteiger partial charge in [0.2, 0.25) is 0 Å². The zero-order valence-electron chi connectivity index (χ0n) is 12.2. The lowest BCUT2D eigenvalue weighted by Gasteiger charge is -2.13. The van der Waals surface area contributed by atoms with Gasteiger partial charge in [-0.1, -0.05) is 48.0 Å². The lowest BCUT2D eigenvalue weighted by molar-refractivity contribution is 0.417. The highest BCUT2D eigenvalue weighted by Crippen LogP contribution is 2.26. The van der Waals surface area contributed by atoms with Gasteiger partial charge in [-0.2, -0.15) is 0 Å². The van der Waals surface area contributed by atoms with E-state index in [-0.39, 0.29) is 6.04 Å². The Balaban J connectivity index is 1.75. The number of nitrogens with two attached hydrogens (primary N) is 1. The van der Waals surface area contributed by atoms with E-state index < -0.39 is 0 Å². The third-order valence-electron chi connectivity index (χ3n) is 3.79. The number of fused-ring (bicyclic) bond motifs is 1. The van der Waals surface area contributed by atoms with Gasteiger partial charge in [0.25, 0.3) is 0 Å². The Labute approximate surface area is 124 Å². The molecule has 0 aliphatic heterocycles. The van der Waals surface area contributed by atoms with Crippen molar-refractivity contribution in [1.29, 1.82) is 0 Å². The van der Waals surface area contributed by atoms with Crippen molar-refractivity contribution >= 4 is 11.0 Å². The predicted molar refractivity (Wildman–Crippen MR) is 85.8 cm³/mol. The summed E-state index contributed by atoms with van der Waals surface area (Å²) in [6.45, 7) is 2.11. The zero-order valence-corrected chi connectivity index (χ0v) is 12.2. The maximum Gasteiger partial charge on any atom is 0.134 e. The molecule has 0 fully saturated rings. The van der Waals surface area contributed by atoms with E-state index in [0.29, 0.717) is 0 Å². The first-order valence-electron chi connectivity index (χ1n) is 7.26. The van der Waals surface area contributed by atoms with Crippen LogP contribution in [0.2, 0.25) is 0 Å². The second kappa shape index (κ2) is 6.12. The number of rotatable bonds is 5. The van der Waals surface area contributed by atoms with E-state index in [9.17, 15) is 0 Å². The van der Waals surface area contributed by atoms with Crippen molar-refractivity contribution in [3.63, 3.8) is 0 Å². The molecule has 1 atom stereocenters. The number of nitrogens with one attached hydrogen (secondary N) is 1. The molecule has 3 rings (SSSR count). The van der Waals surface area contributed by atoms with Crippen LogP contribution in [0.15, 0.2) is 59.0 Å². The average Bonchev–Trinajstić information content (AvgIpc) is 2.91. The summed E-state index contributed by atoms with van der Waals surface area (Å²) in [6.07, 6.45) is 1.87. The number of para-hydroxylation sites is 1. The van der Waals surface area contributed by atoms with E-state index in [2.05, 4.69) is 48.7 Å². The van der Waals surface area contributed by atoms with Gasteiger partial charge in [-0.05, 0) is 37.5 Å². The van der Waals surface area contributed by atoms with E-state index in [0.717, 1.165) is 29.6 Å². The predicted octanol–water partition coefficient (Wildman–Crippen LogP) is 3.88. The molecule has 0 radical (unpaired) electrons. The number of hydrazine groups is 1. The second-order valence-corrected chi connectivity index (χ2v) is 5.43. The third kappa shape index (κ3) is 3.15. The van der Waals surface area contributed by atoms with Crippen LogP contribution in [0.1, 0.15) is 29.3 Å². The molecule has 0 bridgehead atoms. The van der Waals surface area contributed by atoms with Gasteiger partial charge in [0.1, 0.15) is 11.3 Å². The van der Waals surface area contributed by atoms with Gasteiger partial charge in [-0.25, -0.2) is 5.43 Å². The fourth-order valence-corrected chi connectivity index (χ4v) is 2.66. The SMILES string of the molecule is Cc1cccc(CCC(NN)c2cc3ccccc3o2)c1. The number of benzene rings is 2. The summed E-state index contributed by atoms with van der Waals surface area (Å²) >= 11 is 0. The van der Waals surface area contributed by atoms with Gasteiger partial charge >= 0.3 is 0 Å². The Morgan fingerprint density at radius 3 is 2.71 bits per heavy atom. The molecule has 1 unspecified atom stereocenters. The average molecular weight is 280 g/mol. The van der Waals surface area contributed by atoms with Crippen molar-refractivity contribution in [1.82, 2.24) is 5.43 Å². The number of aryl methyl sites for hydroxylation is 2. The van der Waals surface area contributed by atoms with E-state index in [1.165, 1.54) is 11.1 Å². The first kappa shape index (κ1) is 13.9. The Bertz CT molecular complexity index is 700. The van der Waals surface area contributed by atoms with Crippen molar-refractivity contribution in [2.24, 2.45) is 5.84 Å². The lowest BCUT2D eigenvalue weighted by Crippen LogP contribution is -2.28. The molecule has 0 aliphatic rings. The van der Waals surface area contributed by atoms with Crippen LogP contribution in [0.3, 0.4) is 0 Å². The summed E-state index contributed by atoms with van der Waals surface area (Å²) in [7, 11) is 0. The summed E-state index contributed by atoms with van der Waals surface area (Å²) < 4.78 is 5.89. The van der Waals surface area contributed by atoms with Gasteiger partial charge in [-0.15, -0.1) is 0 Å². The van der Waals surface area contributed by atoms with Crippen LogP contribution >= 0.6 is 0 Å². The largest absolute Gasteiger partial charge is 0.459 e. The molecule has 108 valence electrons. The van der Waals surface area contributed by atoms with Crippen LogP contribution in [0.4, 0.5) is 0 Å². The van der Waals surface area contributed by atoms with Gasteiger partial charge in [0.15, 0.2) is 0 Å². The van der Waals surface area contributed by atoms with E-state index >= 15 is 0 Å². The Morgan fingerprint density at radius 1 is 1.10 bits per heavy atom. The highest BCUT2D eigenvalue weighted by molar-refractivity contribution is 5.77. The Morgan fingerprint density at radius 2 is 1.95 bits per heavy atom.